The minimum Gasteiger partial charge on any atom is -0.481 e. The first-order valence-electron chi connectivity index (χ1n) is 10.2. The van der Waals surface area contributed by atoms with Gasteiger partial charge in [0, 0.05) is 40.1 Å². The molecule has 2 aromatic carbocycles. The van der Waals surface area contributed by atoms with E-state index in [-0.39, 0.29) is 32.0 Å². The Kier molecular flexibility index (Phi) is 4.89. The molecule has 32 heavy (non-hydrogen) atoms. The van der Waals surface area contributed by atoms with Crippen LogP contribution in [0.2, 0.25) is 5.02 Å². The van der Waals surface area contributed by atoms with E-state index in [1.165, 1.54) is 11.0 Å². The summed E-state index contributed by atoms with van der Waals surface area (Å²) < 4.78 is 16.5. The fraction of sp³-hybridized carbons (Fsp3) is 0.261. The van der Waals surface area contributed by atoms with E-state index in [2.05, 4.69) is 0 Å². The number of halogens is 2. The van der Waals surface area contributed by atoms with Gasteiger partial charge in [-0.1, -0.05) is 35.9 Å². The second-order valence-electron chi connectivity index (χ2n) is 8.03. The number of carboxylic acid groups (broad SMARTS) is 1. The van der Waals surface area contributed by atoms with E-state index in [0.29, 0.717) is 17.0 Å². The predicted molar refractivity (Wildman–Crippen MR) is 115 cm³/mol. The Morgan fingerprint density at radius 2 is 1.97 bits per heavy atom. The average molecular weight is 456 g/mol. The topological polar surface area (TPSA) is 82.8 Å². The summed E-state index contributed by atoms with van der Waals surface area (Å²) in [6, 6.07) is 11.1. The Labute approximate surface area is 187 Å². The maximum Gasteiger partial charge on any atom is 0.327 e. The van der Waals surface area contributed by atoms with E-state index in [1.54, 1.807) is 12.1 Å². The molecular formula is C23H19ClFN3O4. The average Bonchev–Trinajstić information content (AvgIpc) is 3.19. The molecule has 0 spiro atoms. The summed E-state index contributed by atoms with van der Waals surface area (Å²) in [4.78, 5) is 39.2. The summed E-state index contributed by atoms with van der Waals surface area (Å²) >= 11 is 5.89. The smallest absolute Gasteiger partial charge is 0.327 e. The van der Waals surface area contributed by atoms with Gasteiger partial charge in [-0.3, -0.25) is 14.5 Å². The molecule has 5 rings (SSSR count). The lowest BCUT2D eigenvalue weighted by molar-refractivity contribution is -0.137. The van der Waals surface area contributed by atoms with Crippen LogP contribution in [0.3, 0.4) is 0 Å². The van der Waals surface area contributed by atoms with Crippen LogP contribution < -0.4 is 0 Å². The highest BCUT2D eigenvalue weighted by Crippen LogP contribution is 2.37. The molecule has 3 aromatic rings. The molecular weight excluding hydrogens is 437 g/mol. The van der Waals surface area contributed by atoms with Crippen LogP contribution in [0, 0.1) is 5.82 Å². The van der Waals surface area contributed by atoms with Crippen molar-refractivity contribution in [3.8, 4) is 0 Å². The normalized spacial score (nSPS) is 17.8. The maximum atomic E-state index is 14.5. The highest BCUT2D eigenvalue weighted by molar-refractivity contribution is 6.30. The molecule has 0 radical (unpaired) electrons. The first-order valence-corrected chi connectivity index (χ1v) is 10.6. The molecule has 164 valence electrons. The third-order valence-corrected chi connectivity index (χ3v) is 6.44. The van der Waals surface area contributed by atoms with Gasteiger partial charge in [0.2, 0.25) is 0 Å². The predicted octanol–water partition coefficient (Wildman–Crippen LogP) is 3.65. The number of rotatable bonds is 5. The van der Waals surface area contributed by atoms with Crippen molar-refractivity contribution < 1.29 is 23.9 Å². The Bertz CT molecular complexity index is 1290. The van der Waals surface area contributed by atoms with Crippen LogP contribution in [-0.2, 0) is 29.1 Å². The van der Waals surface area contributed by atoms with Gasteiger partial charge in [0.05, 0.1) is 19.5 Å². The van der Waals surface area contributed by atoms with Gasteiger partial charge in [-0.25, -0.2) is 9.18 Å². The second kappa shape index (κ2) is 7.63. The molecule has 0 saturated carbocycles. The van der Waals surface area contributed by atoms with Crippen molar-refractivity contribution in [2.75, 3.05) is 6.54 Å². The lowest BCUT2D eigenvalue weighted by atomic mass is 9.97. The van der Waals surface area contributed by atoms with Crippen molar-refractivity contribution in [1.29, 1.82) is 0 Å². The van der Waals surface area contributed by atoms with Gasteiger partial charge >= 0.3 is 12.0 Å². The second-order valence-corrected chi connectivity index (χ2v) is 8.46. The van der Waals surface area contributed by atoms with Crippen LogP contribution in [0.25, 0.3) is 10.9 Å². The van der Waals surface area contributed by atoms with Crippen molar-refractivity contribution in [2.24, 2.45) is 0 Å². The minimum atomic E-state index is -1.07. The summed E-state index contributed by atoms with van der Waals surface area (Å²) in [5.74, 6) is -1.85. The Balaban J connectivity index is 1.55. The molecule has 3 amide bonds. The van der Waals surface area contributed by atoms with Crippen LogP contribution in [0.1, 0.15) is 23.2 Å². The summed E-state index contributed by atoms with van der Waals surface area (Å²) in [5.41, 5.74) is 3.16. The largest absolute Gasteiger partial charge is 0.481 e. The number of amides is 3. The number of nitrogens with zero attached hydrogens (tertiary/aromatic N) is 3. The number of fused-ring (bicyclic) bond motifs is 4. The van der Waals surface area contributed by atoms with Gasteiger partial charge in [-0.15, -0.1) is 0 Å². The molecule has 3 heterocycles. The van der Waals surface area contributed by atoms with E-state index in [0.717, 1.165) is 27.1 Å². The molecule has 0 bridgehead atoms. The maximum absolute atomic E-state index is 14.5. The monoisotopic (exact) mass is 455 g/mol. The summed E-state index contributed by atoms with van der Waals surface area (Å²) in [6.45, 7) is 0.293. The SMILES string of the molecule is O=C(O)CCN1C(=O)[C@@H]2Cc3c(n(Cc4ccc(Cl)cc4F)c4ccccc34)CN2C1=O. The van der Waals surface area contributed by atoms with E-state index in [1.807, 2.05) is 28.8 Å². The van der Waals surface area contributed by atoms with Crippen molar-refractivity contribution in [3.63, 3.8) is 0 Å². The van der Waals surface area contributed by atoms with E-state index in [4.69, 9.17) is 16.7 Å². The number of carboxylic acids is 1. The Morgan fingerprint density at radius 1 is 1.19 bits per heavy atom. The minimum absolute atomic E-state index is 0.152. The van der Waals surface area contributed by atoms with Crippen LogP contribution >= 0.6 is 11.6 Å². The molecule has 0 unspecified atom stereocenters. The number of imide groups is 1. The third-order valence-electron chi connectivity index (χ3n) is 6.21. The van der Waals surface area contributed by atoms with E-state index >= 15 is 0 Å². The quantitative estimate of drug-likeness (QED) is 0.595. The number of hydrogen-bond donors (Lipinski definition) is 1. The molecule has 7 nitrogen and oxygen atoms in total. The van der Waals surface area contributed by atoms with Crippen molar-refractivity contribution in [1.82, 2.24) is 14.4 Å². The van der Waals surface area contributed by atoms with Crippen LogP contribution in [0.15, 0.2) is 42.5 Å². The van der Waals surface area contributed by atoms with Crippen molar-refractivity contribution in [2.45, 2.75) is 32.0 Å². The number of carbonyl (C=O) groups excluding carboxylic acids is 2. The number of benzene rings is 2. The standard InChI is InChI=1S/C23H19ClFN3O4/c24-14-6-5-13(17(25)9-14)11-27-18-4-2-1-3-15(18)16-10-19-22(31)26(8-7-21(29)30)23(32)28(19)12-20(16)27/h1-6,9,19H,7-8,10-12H2,(H,29,30)/t19-/m0/s1. The van der Waals surface area contributed by atoms with Gasteiger partial charge < -0.3 is 14.6 Å². The van der Waals surface area contributed by atoms with Crippen molar-refractivity contribution in [3.05, 3.63) is 70.1 Å². The number of para-hydroxylation sites is 1. The number of aliphatic carboxylic acids is 1. The number of urea groups is 1. The fourth-order valence-electron chi connectivity index (χ4n) is 4.68. The number of hydrogen-bond acceptors (Lipinski definition) is 3. The van der Waals surface area contributed by atoms with Crippen LogP contribution in [0.5, 0.6) is 0 Å². The highest BCUT2D eigenvalue weighted by Gasteiger charge is 2.48. The molecule has 0 aliphatic carbocycles. The first-order chi connectivity index (χ1) is 15.3. The molecule has 1 N–H and O–H groups in total. The molecule has 2 aliphatic rings. The molecule has 2 aliphatic heterocycles. The zero-order valence-corrected chi connectivity index (χ0v) is 17.7. The lowest BCUT2D eigenvalue weighted by Gasteiger charge is -2.28. The first kappa shape index (κ1) is 20.5. The fourth-order valence-corrected chi connectivity index (χ4v) is 4.84. The van der Waals surface area contributed by atoms with Gasteiger partial charge in [0.15, 0.2) is 0 Å². The van der Waals surface area contributed by atoms with Crippen molar-refractivity contribution >= 4 is 40.4 Å². The molecule has 1 saturated heterocycles. The zero-order valence-electron chi connectivity index (χ0n) is 16.9. The van der Waals surface area contributed by atoms with Gasteiger partial charge in [-0.05, 0) is 23.8 Å². The summed E-state index contributed by atoms with van der Waals surface area (Å²) in [7, 11) is 0. The molecule has 1 aromatic heterocycles. The number of carbonyl (C=O) groups is 3. The lowest BCUT2D eigenvalue weighted by Crippen LogP contribution is -2.40. The third kappa shape index (κ3) is 3.22. The van der Waals surface area contributed by atoms with Crippen LogP contribution in [0.4, 0.5) is 9.18 Å². The van der Waals surface area contributed by atoms with Gasteiger partial charge in [-0.2, -0.15) is 0 Å². The van der Waals surface area contributed by atoms with Crippen LogP contribution in [-0.4, -0.2) is 50.0 Å². The molecule has 1 atom stereocenters. The Morgan fingerprint density at radius 3 is 2.72 bits per heavy atom. The van der Waals surface area contributed by atoms with E-state index < -0.39 is 23.9 Å². The van der Waals surface area contributed by atoms with Gasteiger partial charge in [0.1, 0.15) is 11.9 Å². The van der Waals surface area contributed by atoms with Gasteiger partial charge in [0.25, 0.3) is 5.91 Å². The summed E-state index contributed by atoms with van der Waals surface area (Å²) in [6.07, 6.45) is 0.0378. The molecule has 9 heteroatoms. The number of aromatic nitrogens is 1. The molecule has 1 fully saturated rings. The Hall–Kier alpha value is -3.39. The van der Waals surface area contributed by atoms with E-state index in [9.17, 15) is 18.8 Å². The highest BCUT2D eigenvalue weighted by atomic mass is 35.5. The summed E-state index contributed by atoms with van der Waals surface area (Å²) in [5, 5.41) is 10.2. The zero-order chi connectivity index (χ0) is 22.6.